The average Bonchev–Trinajstić information content (AvgIpc) is 3.47. The molecule has 33 heavy (non-hydrogen) atoms. The summed E-state index contributed by atoms with van der Waals surface area (Å²) in [5.41, 5.74) is 10.7. The van der Waals surface area contributed by atoms with Crippen molar-refractivity contribution < 1.29 is 23.7 Å². The van der Waals surface area contributed by atoms with Crippen LogP contribution in [0.15, 0.2) is 40.2 Å². The van der Waals surface area contributed by atoms with E-state index in [9.17, 15) is 9.50 Å². The van der Waals surface area contributed by atoms with Gasteiger partial charge >= 0.3 is 0 Å². The molecule has 3 N–H and O–H groups in total. The lowest BCUT2D eigenvalue weighted by molar-refractivity contribution is -0.0352. The van der Waals surface area contributed by atoms with Crippen molar-refractivity contribution >= 4 is 28.9 Å². The molecule has 1 fully saturated rings. The van der Waals surface area contributed by atoms with Gasteiger partial charge in [0.15, 0.2) is 0 Å². The number of aliphatic imine (C=N–C) groups is 1. The number of hydrogen-bond acceptors (Lipinski definition) is 7. The second kappa shape index (κ2) is 13.6. The number of aliphatic hydroxyl groups excluding tert-OH is 1. The molecule has 0 bridgehead atoms. The van der Waals surface area contributed by atoms with Gasteiger partial charge in [0.2, 0.25) is 0 Å². The Hall–Kier alpha value is -2.10. The van der Waals surface area contributed by atoms with E-state index >= 15 is 0 Å². The standard InChI is InChI=1S/C22H27FN2O2S.C3H8O2/c1-4-13(3)19(24)16-12-28-22(20(16)25-5-2)18-11-10-17(27-18)21(26)14-6-8-15(23)9-7-14;1-4-3-5-2/h5-9,12,17-18,21,26H,4,10-11,24H2,1-3H3;3H2,1-2H3. The fourth-order valence-electron chi connectivity index (χ4n) is 3.55. The third-order valence-corrected chi connectivity index (χ3v) is 6.54. The number of benzene rings is 1. The fourth-order valence-corrected chi connectivity index (χ4v) is 4.63. The molecular weight excluding hydrogens is 443 g/mol. The van der Waals surface area contributed by atoms with Gasteiger partial charge in [-0.3, -0.25) is 4.99 Å². The Morgan fingerprint density at radius 3 is 2.52 bits per heavy atom. The molecule has 0 amide bonds. The molecule has 182 valence electrons. The summed E-state index contributed by atoms with van der Waals surface area (Å²) < 4.78 is 28.3. The normalized spacial score (nSPS) is 19.8. The van der Waals surface area contributed by atoms with E-state index in [0.717, 1.165) is 46.7 Å². The summed E-state index contributed by atoms with van der Waals surface area (Å²) in [7, 11) is 3.17. The van der Waals surface area contributed by atoms with Crippen LogP contribution in [0.4, 0.5) is 10.1 Å². The molecule has 6 nitrogen and oxygen atoms in total. The van der Waals surface area contributed by atoms with Crippen LogP contribution in [0, 0.1) is 5.82 Å². The lowest BCUT2D eigenvalue weighted by atomic mass is 10.0. The molecule has 0 radical (unpaired) electrons. The summed E-state index contributed by atoms with van der Waals surface area (Å²) in [5.74, 6) is -0.317. The minimum Gasteiger partial charge on any atom is -0.398 e. The molecule has 2 heterocycles. The minimum atomic E-state index is -0.782. The molecule has 1 aromatic heterocycles. The topological polar surface area (TPSA) is 86.3 Å². The Balaban J connectivity index is 0.000000696. The molecule has 0 saturated carbocycles. The maximum Gasteiger partial charge on any atom is 0.145 e. The second-order valence-electron chi connectivity index (χ2n) is 7.73. The Kier molecular flexibility index (Phi) is 11.2. The van der Waals surface area contributed by atoms with Crippen molar-refractivity contribution in [3.8, 4) is 0 Å². The number of rotatable bonds is 8. The number of ether oxygens (including phenoxy) is 3. The summed E-state index contributed by atoms with van der Waals surface area (Å²) in [4.78, 5) is 5.61. The van der Waals surface area contributed by atoms with Crippen LogP contribution in [0.3, 0.4) is 0 Å². The lowest BCUT2D eigenvalue weighted by Crippen LogP contribution is -2.17. The molecule has 3 unspecified atom stereocenters. The number of nitrogens with two attached hydrogens (primary N) is 1. The number of aliphatic hydroxyl groups is 1. The lowest BCUT2D eigenvalue weighted by Gasteiger charge is -2.19. The number of allylic oxidation sites excluding steroid dienone is 1. The van der Waals surface area contributed by atoms with Crippen LogP contribution in [0.25, 0.3) is 5.70 Å². The van der Waals surface area contributed by atoms with Crippen molar-refractivity contribution in [3.63, 3.8) is 0 Å². The number of hydrogen-bond donors (Lipinski definition) is 2. The maximum atomic E-state index is 13.1. The third kappa shape index (κ3) is 7.19. The number of halogens is 1. The summed E-state index contributed by atoms with van der Waals surface area (Å²) in [6.45, 7) is 6.39. The van der Waals surface area contributed by atoms with E-state index in [2.05, 4.69) is 21.4 Å². The first-order valence-electron chi connectivity index (χ1n) is 11.0. The Morgan fingerprint density at radius 1 is 1.30 bits per heavy atom. The highest BCUT2D eigenvalue weighted by Crippen LogP contribution is 2.46. The van der Waals surface area contributed by atoms with Crippen molar-refractivity contribution in [1.29, 1.82) is 0 Å². The summed E-state index contributed by atoms with van der Waals surface area (Å²) in [5, 5.41) is 12.7. The van der Waals surface area contributed by atoms with Crippen molar-refractivity contribution in [2.45, 2.75) is 58.3 Å². The first kappa shape index (κ1) is 27.1. The van der Waals surface area contributed by atoms with Crippen LogP contribution in [-0.4, -0.2) is 38.4 Å². The zero-order chi connectivity index (χ0) is 24.4. The molecule has 1 aliphatic rings. The number of methoxy groups -OCH3 is 2. The first-order valence-corrected chi connectivity index (χ1v) is 11.9. The van der Waals surface area contributed by atoms with E-state index in [-0.39, 0.29) is 18.0 Å². The molecule has 1 aliphatic heterocycles. The van der Waals surface area contributed by atoms with Gasteiger partial charge in [-0.2, -0.15) is 0 Å². The van der Waals surface area contributed by atoms with Crippen LogP contribution >= 0.6 is 11.3 Å². The number of thiophene rings is 1. The first-order chi connectivity index (χ1) is 15.9. The Bertz CT molecular complexity index is 925. The van der Waals surface area contributed by atoms with Crippen molar-refractivity contribution in [1.82, 2.24) is 0 Å². The highest BCUT2D eigenvalue weighted by atomic mass is 32.1. The maximum absolute atomic E-state index is 13.1. The molecule has 2 aromatic rings. The largest absolute Gasteiger partial charge is 0.398 e. The van der Waals surface area contributed by atoms with Gasteiger partial charge in [0.25, 0.3) is 0 Å². The molecule has 1 aromatic carbocycles. The van der Waals surface area contributed by atoms with Gasteiger partial charge in [-0.1, -0.05) is 19.1 Å². The predicted octanol–water partition coefficient (Wildman–Crippen LogP) is 5.90. The van der Waals surface area contributed by atoms with Crippen molar-refractivity contribution in [2.24, 2.45) is 10.7 Å². The molecule has 3 rings (SSSR count). The van der Waals surface area contributed by atoms with Gasteiger partial charge in [0, 0.05) is 37.1 Å². The second-order valence-corrected chi connectivity index (χ2v) is 8.64. The van der Waals surface area contributed by atoms with Gasteiger partial charge in [0.1, 0.15) is 18.7 Å². The molecule has 0 spiro atoms. The molecule has 1 saturated heterocycles. The van der Waals surface area contributed by atoms with E-state index < -0.39 is 6.10 Å². The highest BCUT2D eigenvalue weighted by Gasteiger charge is 2.35. The van der Waals surface area contributed by atoms with Gasteiger partial charge in [-0.25, -0.2) is 4.39 Å². The quantitative estimate of drug-likeness (QED) is 0.364. The van der Waals surface area contributed by atoms with Gasteiger partial charge in [0.05, 0.1) is 22.8 Å². The van der Waals surface area contributed by atoms with E-state index in [1.54, 1.807) is 43.9 Å². The van der Waals surface area contributed by atoms with Crippen LogP contribution in [-0.2, 0) is 14.2 Å². The van der Waals surface area contributed by atoms with E-state index in [1.165, 1.54) is 12.1 Å². The summed E-state index contributed by atoms with van der Waals surface area (Å²) in [6.07, 6.45) is 2.94. The van der Waals surface area contributed by atoms with Crippen molar-refractivity contribution in [2.75, 3.05) is 21.0 Å². The smallest absolute Gasteiger partial charge is 0.145 e. The Morgan fingerprint density at radius 2 is 1.97 bits per heavy atom. The Labute approximate surface area is 199 Å². The average molecular weight is 479 g/mol. The van der Waals surface area contributed by atoms with E-state index in [0.29, 0.717) is 12.4 Å². The zero-order valence-corrected chi connectivity index (χ0v) is 20.8. The van der Waals surface area contributed by atoms with Gasteiger partial charge < -0.3 is 25.1 Å². The zero-order valence-electron chi connectivity index (χ0n) is 20.0. The molecule has 8 heteroatoms. The summed E-state index contributed by atoms with van der Waals surface area (Å²) >= 11 is 1.60. The SMILES string of the molecule is CC=Nc1c(C(N)=C(C)CC)csc1C1CCC(C(O)c2ccc(F)cc2)O1.COCOC. The predicted molar refractivity (Wildman–Crippen MR) is 132 cm³/mol. The monoisotopic (exact) mass is 478 g/mol. The molecule has 0 aliphatic carbocycles. The third-order valence-electron chi connectivity index (χ3n) is 5.47. The number of nitrogens with zero attached hydrogens (tertiary/aromatic N) is 1. The fraction of sp³-hybridized carbons (Fsp3) is 0.480. The van der Waals surface area contributed by atoms with Crippen LogP contribution in [0.5, 0.6) is 0 Å². The molecular formula is C25H35FN2O4S. The van der Waals surface area contributed by atoms with Crippen LogP contribution in [0.2, 0.25) is 0 Å². The van der Waals surface area contributed by atoms with E-state index in [1.807, 2.05) is 19.2 Å². The van der Waals surface area contributed by atoms with Gasteiger partial charge in [-0.05, 0) is 56.4 Å². The van der Waals surface area contributed by atoms with Crippen LogP contribution in [0.1, 0.15) is 68.2 Å². The van der Waals surface area contributed by atoms with E-state index in [4.69, 9.17) is 10.5 Å². The molecule has 3 atom stereocenters. The minimum absolute atomic E-state index is 0.132. The van der Waals surface area contributed by atoms with Crippen molar-refractivity contribution in [3.05, 3.63) is 57.0 Å². The summed E-state index contributed by atoms with van der Waals surface area (Å²) in [6, 6.07) is 5.92. The van der Waals surface area contributed by atoms with Gasteiger partial charge in [-0.15, -0.1) is 11.3 Å². The van der Waals surface area contributed by atoms with Crippen LogP contribution < -0.4 is 5.73 Å². The highest BCUT2D eigenvalue weighted by molar-refractivity contribution is 7.10.